The van der Waals surface area contributed by atoms with Gasteiger partial charge in [-0.15, -0.1) is 0 Å². The van der Waals surface area contributed by atoms with Gasteiger partial charge in [-0.1, -0.05) is 0 Å². The normalized spacial score (nSPS) is 16.8. The summed E-state index contributed by atoms with van der Waals surface area (Å²) in [4.78, 5) is 21.6. The first-order valence-corrected chi connectivity index (χ1v) is 7.38. The summed E-state index contributed by atoms with van der Waals surface area (Å²) >= 11 is 0. The zero-order valence-corrected chi connectivity index (χ0v) is 13.0. The second-order valence-electron chi connectivity index (χ2n) is 6.33. The molecule has 2 heterocycles. The van der Waals surface area contributed by atoms with Gasteiger partial charge >= 0.3 is 6.09 Å². The van der Waals surface area contributed by atoms with Crippen molar-refractivity contribution in [2.75, 3.05) is 18.0 Å². The van der Waals surface area contributed by atoms with Gasteiger partial charge in [0.1, 0.15) is 17.7 Å². The van der Waals surface area contributed by atoms with Crippen molar-refractivity contribution in [3.8, 4) is 0 Å². The molecule has 1 aromatic rings. The highest BCUT2D eigenvalue weighted by atomic mass is 16.6. The molecule has 0 unspecified atom stereocenters. The molecule has 0 aromatic carbocycles. The molecule has 1 amide bonds. The summed E-state index contributed by atoms with van der Waals surface area (Å²) in [5.41, 5.74) is 5.60. The van der Waals surface area contributed by atoms with E-state index < -0.39 is 11.7 Å². The molecule has 0 spiro atoms. The fourth-order valence-electron chi connectivity index (χ4n) is 2.99. The van der Waals surface area contributed by atoms with E-state index in [1.54, 1.807) is 6.33 Å². The van der Waals surface area contributed by atoms with Gasteiger partial charge in [0.25, 0.3) is 0 Å². The molecule has 0 aliphatic carbocycles. The smallest absolute Gasteiger partial charge is 0.405 e. The molecule has 6 nitrogen and oxygen atoms in total. The molecule has 1 aliphatic heterocycles. The molecular weight excluding hydrogens is 268 g/mol. The Labute approximate surface area is 125 Å². The average Bonchev–Trinajstić information content (AvgIpc) is 2.37. The third kappa shape index (κ3) is 4.58. The minimum absolute atomic E-state index is 0.496. The summed E-state index contributed by atoms with van der Waals surface area (Å²) in [6.45, 7) is 7.74. The molecule has 1 aliphatic rings. The molecule has 0 bridgehead atoms. The van der Waals surface area contributed by atoms with Gasteiger partial charge in [-0.05, 0) is 46.0 Å². The van der Waals surface area contributed by atoms with Gasteiger partial charge in [-0.25, -0.2) is 14.8 Å². The van der Waals surface area contributed by atoms with E-state index in [4.69, 9.17) is 10.5 Å². The number of amides is 1. The highest BCUT2D eigenvalue weighted by Crippen LogP contribution is 2.29. The first-order valence-electron chi connectivity index (χ1n) is 7.38. The Morgan fingerprint density at radius 1 is 1.43 bits per heavy atom. The predicted molar refractivity (Wildman–Crippen MR) is 81.1 cm³/mol. The van der Waals surface area contributed by atoms with Gasteiger partial charge in [-0.3, -0.25) is 0 Å². The fraction of sp³-hybridized carbons (Fsp3) is 0.667. The number of hydrogen-bond donors (Lipinski definition) is 1. The minimum Gasteiger partial charge on any atom is -0.444 e. The van der Waals surface area contributed by atoms with Gasteiger partial charge in [-0.2, -0.15) is 0 Å². The van der Waals surface area contributed by atoms with Gasteiger partial charge in [0, 0.05) is 24.8 Å². The van der Waals surface area contributed by atoms with Gasteiger partial charge in [0.2, 0.25) is 0 Å². The van der Waals surface area contributed by atoms with Crippen LogP contribution in [0.15, 0.2) is 12.4 Å². The van der Waals surface area contributed by atoms with Crippen molar-refractivity contribution in [1.82, 2.24) is 9.97 Å². The Bertz CT molecular complexity index is 496. The average molecular weight is 292 g/mol. The molecule has 2 rings (SSSR count). The lowest BCUT2D eigenvalue weighted by molar-refractivity contribution is 0.0236. The van der Waals surface area contributed by atoms with Gasteiger partial charge in [0.15, 0.2) is 0 Å². The summed E-state index contributed by atoms with van der Waals surface area (Å²) in [6, 6.07) is 2.01. The van der Waals surface area contributed by atoms with E-state index in [0.29, 0.717) is 5.92 Å². The number of piperidine rings is 1. The maximum Gasteiger partial charge on any atom is 0.405 e. The lowest BCUT2D eigenvalue weighted by atomic mass is 9.86. The Hall–Kier alpha value is -1.85. The number of hydrogen-bond acceptors (Lipinski definition) is 5. The van der Waals surface area contributed by atoms with Crippen LogP contribution in [0.4, 0.5) is 10.6 Å². The highest BCUT2D eigenvalue weighted by Gasteiger charge is 2.29. The number of nitrogens with two attached hydrogens (primary N) is 1. The first-order chi connectivity index (χ1) is 9.85. The van der Waals surface area contributed by atoms with E-state index in [1.165, 1.54) is 0 Å². The Morgan fingerprint density at radius 3 is 2.67 bits per heavy atom. The summed E-state index contributed by atoms with van der Waals surface area (Å²) in [5.74, 6) is 1.53. The Kier molecular flexibility index (Phi) is 4.65. The molecule has 21 heavy (non-hydrogen) atoms. The number of carbonyl (C=O) groups excluding carboxylic acids is 1. The van der Waals surface area contributed by atoms with Crippen LogP contribution in [-0.2, 0) is 4.74 Å². The predicted octanol–water partition coefficient (Wildman–Crippen LogP) is 2.27. The lowest BCUT2D eigenvalue weighted by Gasteiger charge is -2.36. The van der Waals surface area contributed by atoms with Crippen LogP contribution in [0.5, 0.6) is 0 Å². The topological polar surface area (TPSA) is 81.3 Å². The summed E-state index contributed by atoms with van der Waals surface area (Å²) < 4.78 is 5.17. The van der Waals surface area contributed by atoms with Crippen LogP contribution < -0.4 is 10.6 Å². The van der Waals surface area contributed by atoms with Crippen LogP contribution >= 0.6 is 0 Å². The van der Waals surface area contributed by atoms with Crippen LogP contribution in [0.2, 0.25) is 0 Å². The number of ether oxygens (including phenoxy) is 1. The number of aryl methyl sites for hydroxylation is 1. The van der Waals surface area contributed by atoms with Crippen molar-refractivity contribution >= 4 is 11.9 Å². The first kappa shape index (κ1) is 15.5. The van der Waals surface area contributed by atoms with E-state index in [2.05, 4.69) is 14.9 Å². The molecule has 6 heteroatoms. The summed E-state index contributed by atoms with van der Waals surface area (Å²) in [6.07, 6.45) is 3.88. The summed E-state index contributed by atoms with van der Waals surface area (Å²) in [7, 11) is 0. The largest absolute Gasteiger partial charge is 0.444 e. The number of anilines is 1. The molecule has 1 saturated heterocycles. The lowest BCUT2D eigenvalue weighted by Crippen LogP contribution is -2.39. The van der Waals surface area contributed by atoms with Crippen molar-refractivity contribution in [2.24, 2.45) is 11.7 Å². The third-order valence-electron chi connectivity index (χ3n) is 3.89. The quantitative estimate of drug-likeness (QED) is 0.920. The molecule has 0 saturated carbocycles. The zero-order chi connectivity index (χ0) is 15.5. The van der Waals surface area contributed by atoms with Crippen LogP contribution in [0, 0.1) is 12.8 Å². The fourth-order valence-corrected chi connectivity index (χ4v) is 2.99. The molecule has 1 aromatic heterocycles. The van der Waals surface area contributed by atoms with E-state index in [1.807, 2.05) is 26.8 Å². The molecule has 1 fully saturated rings. The zero-order valence-electron chi connectivity index (χ0n) is 13.0. The molecule has 0 radical (unpaired) electrons. The third-order valence-corrected chi connectivity index (χ3v) is 3.89. The van der Waals surface area contributed by atoms with Crippen LogP contribution in [0.1, 0.15) is 38.8 Å². The maximum atomic E-state index is 10.9. The second-order valence-corrected chi connectivity index (χ2v) is 6.33. The molecular formula is C15H24N4O2. The Morgan fingerprint density at radius 2 is 2.10 bits per heavy atom. The van der Waals surface area contributed by atoms with Crippen molar-refractivity contribution in [2.45, 2.75) is 45.6 Å². The number of nitrogens with zero attached hydrogens (tertiary/aromatic N) is 3. The van der Waals surface area contributed by atoms with Crippen LogP contribution in [0.25, 0.3) is 0 Å². The number of aromatic nitrogens is 2. The Balaban J connectivity index is 1.87. The van der Waals surface area contributed by atoms with E-state index >= 15 is 0 Å². The van der Waals surface area contributed by atoms with Crippen molar-refractivity contribution in [3.63, 3.8) is 0 Å². The molecule has 0 atom stereocenters. The monoisotopic (exact) mass is 292 g/mol. The van der Waals surface area contributed by atoms with Crippen molar-refractivity contribution in [3.05, 3.63) is 18.1 Å². The van der Waals surface area contributed by atoms with Crippen LogP contribution in [0.3, 0.4) is 0 Å². The van der Waals surface area contributed by atoms with Gasteiger partial charge < -0.3 is 15.4 Å². The molecule has 2 N–H and O–H groups in total. The van der Waals surface area contributed by atoms with Crippen LogP contribution in [-0.4, -0.2) is 34.8 Å². The SMILES string of the molecule is Cc1cc(N2CCC(CC(C)(C)OC(N)=O)CC2)ncn1. The number of rotatable bonds is 4. The molecule has 116 valence electrons. The minimum atomic E-state index is -0.700. The standard InChI is InChI=1S/C15H24N4O2/c1-11-8-13(18-10-17-11)19-6-4-12(5-7-19)9-15(2,3)21-14(16)20/h8,10,12H,4-7,9H2,1-3H3,(H2,16,20). The van der Waals surface area contributed by atoms with Crippen molar-refractivity contribution < 1.29 is 9.53 Å². The van der Waals surface area contributed by atoms with E-state index in [9.17, 15) is 4.79 Å². The second kappa shape index (κ2) is 6.28. The van der Waals surface area contributed by atoms with Crippen molar-refractivity contribution in [1.29, 1.82) is 0 Å². The van der Waals surface area contributed by atoms with E-state index in [-0.39, 0.29) is 0 Å². The van der Waals surface area contributed by atoms with Gasteiger partial charge in [0.05, 0.1) is 0 Å². The number of carbonyl (C=O) groups is 1. The number of primary amides is 1. The maximum absolute atomic E-state index is 10.9. The van der Waals surface area contributed by atoms with E-state index in [0.717, 1.165) is 43.9 Å². The highest BCUT2D eigenvalue weighted by molar-refractivity contribution is 5.65. The summed E-state index contributed by atoms with van der Waals surface area (Å²) in [5, 5.41) is 0.